The molecule has 0 bridgehead atoms. The van der Waals surface area contributed by atoms with Gasteiger partial charge in [0.25, 0.3) is 0 Å². The summed E-state index contributed by atoms with van der Waals surface area (Å²) in [5.74, 6) is 0. The van der Waals surface area contributed by atoms with Crippen LogP contribution >= 0.6 is 0 Å². The van der Waals surface area contributed by atoms with E-state index < -0.39 is 0 Å². The first-order valence-electron chi connectivity index (χ1n) is 3.11. The number of hydrogen-bond acceptors (Lipinski definition) is 4. The summed E-state index contributed by atoms with van der Waals surface area (Å²) < 4.78 is 0. The van der Waals surface area contributed by atoms with Gasteiger partial charge in [0.15, 0.2) is 6.29 Å². The van der Waals surface area contributed by atoms with Crippen LogP contribution in [-0.4, -0.2) is 23.9 Å². The van der Waals surface area contributed by atoms with Crippen molar-refractivity contribution >= 4 is 5.71 Å². The van der Waals surface area contributed by atoms with Crippen molar-refractivity contribution in [1.29, 1.82) is 0 Å². The van der Waals surface area contributed by atoms with Crippen molar-refractivity contribution in [3.05, 3.63) is 11.9 Å². The van der Waals surface area contributed by atoms with E-state index in [2.05, 4.69) is 4.99 Å². The van der Waals surface area contributed by atoms with Crippen LogP contribution < -0.4 is 11.5 Å². The van der Waals surface area contributed by atoms with Crippen LogP contribution in [0.4, 0.5) is 0 Å². The summed E-state index contributed by atoms with van der Waals surface area (Å²) in [4.78, 5) is 5.84. The van der Waals surface area contributed by atoms with E-state index in [1.54, 1.807) is 11.1 Å². The van der Waals surface area contributed by atoms with Crippen LogP contribution in [0.1, 0.15) is 6.92 Å². The van der Waals surface area contributed by atoms with E-state index in [0.29, 0.717) is 5.70 Å². The SMILES string of the molecule is CC1=NC(N)N(C)C=C1N. The molecule has 10 heavy (non-hydrogen) atoms. The Kier molecular flexibility index (Phi) is 1.63. The van der Waals surface area contributed by atoms with E-state index in [9.17, 15) is 0 Å². The number of nitrogens with zero attached hydrogens (tertiary/aromatic N) is 2. The van der Waals surface area contributed by atoms with E-state index in [1.165, 1.54) is 0 Å². The number of nitrogens with two attached hydrogens (primary N) is 2. The normalized spacial score (nSPS) is 25.9. The molecule has 0 saturated heterocycles. The van der Waals surface area contributed by atoms with Gasteiger partial charge in [-0.1, -0.05) is 0 Å². The molecule has 1 rings (SSSR count). The van der Waals surface area contributed by atoms with E-state index in [1.807, 2.05) is 14.0 Å². The van der Waals surface area contributed by atoms with Gasteiger partial charge in [-0.15, -0.1) is 0 Å². The second kappa shape index (κ2) is 2.30. The molecule has 1 unspecified atom stereocenters. The maximum atomic E-state index is 5.57. The highest BCUT2D eigenvalue weighted by atomic mass is 15.3. The van der Waals surface area contributed by atoms with Crippen LogP contribution in [0, 0.1) is 0 Å². The van der Waals surface area contributed by atoms with Crippen LogP contribution in [0.5, 0.6) is 0 Å². The van der Waals surface area contributed by atoms with Crippen molar-refractivity contribution in [3.63, 3.8) is 0 Å². The van der Waals surface area contributed by atoms with Gasteiger partial charge in [-0.05, 0) is 6.92 Å². The summed E-state index contributed by atoms with van der Waals surface area (Å²) in [6, 6.07) is 0. The Balaban J connectivity index is 2.83. The topological polar surface area (TPSA) is 67.6 Å². The van der Waals surface area contributed by atoms with Crippen molar-refractivity contribution in [2.24, 2.45) is 16.5 Å². The lowest BCUT2D eigenvalue weighted by atomic mass is 10.3. The van der Waals surface area contributed by atoms with Gasteiger partial charge in [0, 0.05) is 13.2 Å². The minimum absolute atomic E-state index is 0.271. The fraction of sp³-hybridized carbons (Fsp3) is 0.500. The van der Waals surface area contributed by atoms with Gasteiger partial charge < -0.3 is 10.6 Å². The zero-order valence-corrected chi connectivity index (χ0v) is 6.20. The molecule has 0 aromatic heterocycles. The molecule has 0 amide bonds. The summed E-state index contributed by atoms with van der Waals surface area (Å²) >= 11 is 0. The summed E-state index contributed by atoms with van der Waals surface area (Å²) in [6.07, 6.45) is 1.51. The lowest BCUT2D eigenvalue weighted by Gasteiger charge is -2.24. The summed E-state index contributed by atoms with van der Waals surface area (Å²) in [6.45, 7) is 1.85. The molecule has 0 spiro atoms. The Hall–Kier alpha value is -1.03. The lowest BCUT2D eigenvalue weighted by molar-refractivity contribution is 0.341. The molecule has 0 aliphatic carbocycles. The fourth-order valence-electron chi connectivity index (χ4n) is 0.753. The predicted octanol–water partition coefficient (Wildman–Crippen LogP) is -0.565. The average molecular weight is 140 g/mol. The molecule has 4 nitrogen and oxygen atoms in total. The van der Waals surface area contributed by atoms with Crippen molar-refractivity contribution in [3.8, 4) is 0 Å². The Bertz CT molecular complexity index is 172. The average Bonchev–Trinajstić information content (AvgIpc) is 1.84. The molecule has 1 atom stereocenters. The van der Waals surface area contributed by atoms with Gasteiger partial charge in [-0.3, -0.25) is 5.73 Å². The van der Waals surface area contributed by atoms with Gasteiger partial charge in [0.1, 0.15) is 0 Å². The Morgan fingerprint density at radius 3 is 2.80 bits per heavy atom. The van der Waals surface area contributed by atoms with Gasteiger partial charge in [-0.2, -0.15) is 0 Å². The fourth-order valence-corrected chi connectivity index (χ4v) is 0.753. The van der Waals surface area contributed by atoms with Crippen LogP contribution in [-0.2, 0) is 0 Å². The first kappa shape index (κ1) is 7.08. The standard InChI is InChI=1S/C6H12N4/c1-4-5(7)3-10(2)6(8)9-4/h3,6H,7-8H2,1-2H3. The second-order valence-electron chi connectivity index (χ2n) is 2.38. The van der Waals surface area contributed by atoms with Crippen LogP contribution in [0.3, 0.4) is 0 Å². The molecule has 1 aliphatic heterocycles. The maximum Gasteiger partial charge on any atom is 0.173 e. The van der Waals surface area contributed by atoms with E-state index >= 15 is 0 Å². The largest absolute Gasteiger partial charge is 0.396 e. The quantitative estimate of drug-likeness (QED) is 0.473. The van der Waals surface area contributed by atoms with Crippen molar-refractivity contribution < 1.29 is 0 Å². The van der Waals surface area contributed by atoms with Crippen LogP contribution in [0.2, 0.25) is 0 Å². The van der Waals surface area contributed by atoms with Gasteiger partial charge in [-0.25, -0.2) is 4.99 Å². The zero-order valence-electron chi connectivity index (χ0n) is 6.20. The molecule has 0 fully saturated rings. The molecule has 0 aromatic carbocycles. The highest BCUT2D eigenvalue weighted by Crippen LogP contribution is 2.04. The molecule has 1 heterocycles. The molecule has 0 radical (unpaired) electrons. The highest BCUT2D eigenvalue weighted by molar-refractivity contribution is 5.97. The van der Waals surface area contributed by atoms with E-state index in [4.69, 9.17) is 11.5 Å². The lowest BCUT2D eigenvalue weighted by Crippen LogP contribution is -2.39. The molecule has 0 aromatic rings. The zero-order chi connectivity index (χ0) is 7.72. The van der Waals surface area contributed by atoms with Gasteiger partial charge >= 0.3 is 0 Å². The van der Waals surface area contributed by atoms with Gasteiger partial charge in [0.05, 0.1) is 11.4 Å². The van der Waals surface area contributed by atoms with Gasteiger partial charge in [0.2, 0.25) is 0 Å². The molecular formula is C6H12N4. The third kappa shape index (κ3) is 1.11. The third-order valence-corrected chi connectivity index (χ3v) is 1.50. The molecular weight excluding hydrogens is 128 g/mol. The summed E-state index contributed by atoms with van der Waals surface area (Å²) in [5, 5.41) is 0. The molecule has 1 aliphatic rings. The summed E-state index contributed by atoms with van der Waals surface area (Å²) in [7, 11) is 1.84. The van der Waals surface area contributed by atoms with Crippen LogP contribution in [0.15, 0.2) is 16.9 Å². The Morgan fingerprint density at radius 2 is 2.30 bits per heavy atom. The highest BCUT2D eigenvalue weighted by Gasteiger charge is 2.11. The Labute approximate surface area is 60.2 Å². The molecule has 56 valence electrons. The van der Waals surface area contributed by atoms with E-state index in [0.717, 1.165) is 5.71 Å². The molecule has 4 heteroatoms. The number of aliphatic imine (C=N–C) groups is 1. The van der Waals surface area contributed by atoms with Crippen molar-refractivity contribution in [1.82, 2.24) is 4.90 Å². The van der Waals surface area contributed by atoms with Crippen molar-refractivity contribution in [2.45, 2.75) is 13.2 Å². The minimum Gasteiger partial charge on any atom is -0.396 e. The second-order valence-corrected chi connectivity index (χ2v) is 2.38. The molecule has 0 saturated carbocycles. The predicted molar refractivity (Wildman–Crippen MR) is 41.1 cm³/mol. The first-order chi connectivity index (χ1) is 4.61. The van der Waals surface area contributed by atoms with Crippen molar-refractivity contribution in [2.75, 3.05) is 7.05 Å². The van der Waals surface area contributed by atoms with E-state index in [-0.39, 0.29) is 6.29 Å². The smallest absolute Gasteiger partial charge is 0.173 e. The number of hydrogen-bond donors (Lipinski definition) is 2. The third-order valence-electron chi connectivity index (χ3n) is 1.50. The monoisotopic (exact) mass is 140 g/mol. The number of rotatable bonds is 0. The molecule has 4 N–H and O–H groups in total. The first-order valence-corrected chi connectivity index (χ1v) is 3.11. The Morgan fingerprint density at radius 1 is 1.70 bits per heavy atom. The van der Waals surface area contributed by atoms with Crippen LogP contribution in [0.25, 0.3) is 0 Å². The minimum atomic E-state index is -0.271. The maximum absolute atomic E-state index is 5.57. The summed E-state index contributed by atoms with van der Waals surface area (Å²) in [5.41, 5.74) is 12.6. The number of allylic oxidation sites excluding steroid dienone is 1.